The molecule has 0 aliphatic heterocycles. The fourth-order valence-corrected chi connectivity index (χ4v) is 3.24. The zero-order chi connectivity index (χ0) is 17.9. The number of hydrogen-bond acceptors (Lipinski definition) is 7. The van der Waals surface area contributed by atoms with Crippen LogP contribution in [0.3, 0.4) is 0 Å². The first-order valence-corrected chi connectivity index (χ1v) is 8.24. The number of hydrogen-bond donors (Lipinski definition) is 3. The number of thiophene rings is 1. The first-order valence-electron chi connectivity index (χ1n) is 7.36. The van der Waals surface area contributed by atoms with Crippen molar-refractivity contribution in [2.75, 3.05) is 13.7 Å². The molecule has 0 aromatic carbocycles. The number of carbonyl (C=O) groups is 2. The third-order valence-electron chi connectivity index (χ3n) is 3.16. The average Bonchev–Trinajstić information content (AvgIpc) is 3.02. The normalized spacial score (nSPS) is 21.3. The number of aliphatic hydroxyl groups is 1. The Morgan fingerprint density at radius 2 is 2.12 bits per heavy atom. The summed E-state index contributed by atoms with van der Waals surface area (Å²) < 4.78 is 5.06. The van der Waals surface area contributed by atoms with Crippen LogP contribution in [0.5, 0.6) is 0 Å². The molecule has 3 N–H and O–H groups in total. The van der Waals surface area contributed by atoms with E-state index < -0.39 is 29.7 Å². The van der Waals surface area contributed by atoms with E-state index in [9.17, 15) is 14.7 Å². The Morgan fingerprint density at radius 3 is 2.75 bits per heavy atom. The van der Waals surface area contributed by atoms with Gasteiger partial charge in [0.1, 0.15) is 31.1 Å². The Morgan fingerprint density at radius 1 is 1.42 bits per heavy atom. The quantitative estimate of drug-likeness (QED) is 0.702. The lowest BCUT2D eigenvalue weighted by Gasteiger charge is -2.20. The molecule has 1 aromatic rings. The summed E-state index contributed by atoms with van der Waals surface area (Å²) >= 11 is 1.41. The van der Waals surface area contributed by atoms with E-state index >= 15 is 0 Å². The van der Waals surface area contributed by atoms with Gasteiger partial charge in [0.15, 0.2) is 0 Å². The Labute approximate surface area is 143 Å². The molecule has 0 saturated heterocycles. The van der Waals surface area contributed by atoms with Crippen molar-refractivity contribution < 1.29 is 24.3 Å². The number of amides is 2. The predicted octanol–water partition coefficient (Wildman–Crippen LogP) is 1.16. The van der Waals surface area contributed by atoms with Gasteiger partial charge in [0.05, 0.1) is 10.9 Å². The molecule has 8 nitrogen and oxygen atoms in total. The molecule has 1 heterocycles. The summed E-state index contributed by atoms with van der Waals surface area (Å²) in [6.45, 7) is 4.94. The van der Waals surface area contributed by atoms with Gasteiger partial charge in [-0.3, -0.25) is 4.79 Å². The molecule has 2 atom stereocenters. The van der Waals surface area contributed by atoms with Crippen LogP contribution in [0, 0.1) is 0 Å². The number of rotatable bonds is 4. The lowest BCUT2D eigenvalue weighted by molar-refractivity contribution is -0.121. The Hall–Kier alpha value is -2.13. The van der Waals surface area contributed by atoms with Crippen molar-refractivity contribution in [2.24, 2.45) is 5.16 Å². The summed E-state index contributed by atoms with van der Waals surface area (Å²) in [4.78, 5) is 29.1. The minimum atomic E-state index is -1.00. The van der Waals surface area contributed by atoms with Gasteiger partial charge in [-0.05, 0) is 37.8 Å². The number of nitrogens with zero attached hydrogens (tertiary/aromatic N) is 1. The second-order valence-corrected chi connectivity index (χ2v) is 7.13. The van der Waals surface area contributed by atoms with Crippen molar-refractivity contribution >= 4 is 29.0 Å². The van der Waals surface area contributed by atoms with E-state index in [0.717, 1.165) is 10.4 Å². The highest BCUT2D eigenvalue weighted by molar-refractivity contribution is 7.12. The van der Waals surface area contributed by atoms with E-state index in [0.29, 0.717) is 5.71 Å². The van der Waals surface area contributed by atoms with Gasteiger partial charge in [-0.2, -0.15) is 0 Å². The van der Waals surface area contributed by atoms with Crippen LogP contribution < -0.4 is 10.6 Å². The number of ether oxygens (including phenoxy) is 1. The van der Waals surface area contributed by atoms with Crippen molar-refractivity contribution in [2.45, 2.75) is 38.5 Å². The highest BCUT2D eigenvalue weighted by Gasteiger charge is 2.39. The minimum absolute atomic E-state index is 0.256. The zero-order valence-electron chi connectivity index (χ0n) is 14.0. The molecule has 0 bridgehead atoms. The topological polar surface area (TPSA) is 109 Å². The molecule has 0 fully saturated rings. The van der Waals surface area contributed by atoms with Gasteiger partial charge < -0.3 is 25.3 Å². The third kappa shape index (κ3) is 4.24. The minimum Gasteiger partial charge on any atom is -0.444 e. The second-order valence-electron chi connectivity index (χ2n) is 6.21. The monoisotopic (exact) mass is 355 g/mol. The van der Waals surface area contributed by atoms with Crippen LogP contribution in [0.1, 0.15) is 37.3 Å². The fraction of sp³-hybridized carbons (Fsp3) is 0.533. The fourth-order valence-electron chi connectivity index (χ4n) is 2.28. The number of nitrogens with one attached hydrogen (secondary N) is 2. The van der Waals surface area contributed by atoms with Crippen LogP contribution in [-0.4, -0.2) is 48.2 Å². The van der Waals surface area contributed by atoms with Crippen LogP contribution >= 0.6 is 11.3 Å². The van der Waals surface area contributed by atoms with Crippen molar-refractivity contribution in [3.05, 3.63) is 21.9 Å². The molecule has 1 aliphatic carbocycles. The van der Waals surface area contributed by atoms with Gasteiger partial charge in [0.2, 0.25) is 5.91 Å². The number of carbonyl (C=O) groups excluding carboxylic acids is 2. The Balaban J connectivity index is 1.95. The average molecular weight is 355 g/mol. The molecule has 1 aliphatic rings. The number of aliphatic hydroxyl groups excluding tert-OH is 1. The van der Waals surface area contributed by atoms with Crippen LogP contribution in [0.2, 0.25) is 0 Å². The molecule has 2 rings (SSSR count). The first-order chi connectivity index (χ1) is 11.2. The maximum Gasteiger partial charge on any atom is 0.408 e. The molecule has 1 aromatic heterocycles. The van der Waals surface area contributed by atoms with Crippen molar-refractivity contribution in [3.63, 3.8) is 0 Å². The first kappa shape index (κ1) is 18.2. The maximum absolute atomic E-state index is 12.1. The summed E-state index contributed by atoms with van der Waals surface area (Å²) in [6, 6.07) is 1.18. The van der Waals surface area contributed by atoms with Crippen LogP contribution in [0.15, 0.2) is 16.6 Å². The molecule has 0 unspecified atom stereocenters. The summed E-state index contributed by atoms with van der Waals surface area (Å²) in [7, 11) is 1.39. The van der Waals surface area contributed by atoms with Gasteiger partial charge >= 0.3 is 6.09 Å². The van der Waals surface area contributed by atoms with E-state index in [4.69, 9.17) is 9.57 Å². The largest absolute Gasteiger partial charge is 0.444 e. The zero-order valence-corrected chi connectivity index (χ0v) is 14.8. The number of fused-ring (bicyclic) bond motifs is 1. The van der Waals surface area contributed by atoms with Gasteiger partial charge in [0.25, 0.3) is 0 Å². The van der Waals surface area contributed by atoms with Crippen LogP contribution in [0.25, 0.3) is 0 Å². The SMILES string of the molecule is CO/N=C1/c2sccc2[C@H](NC(=O)CNC(=O)OC(C)(C)C)[C@H]1O. The van der Waals surface area contributed by atoms with Crippen molar-refractivity contribution in [3.8, 4) is 0 Å². The summed E-state index contributed by atoms with van der Waals surface area (Å²) in [5, 5.41) is 21.1. The molecular formula is C15H21N3O5S. The molecular weight excluding hydrogens is 334 g/mol. The molecule has 132 valence electrons. The van der Waals surface area contributed by atoms with Gasteiger partial charge in [-0.25, -0.2) is 4.79 Å². The van der Waals surface area contributed by atoms with Crippen molar-refractivity contribution in [1.29, 1.82) is 0 Å². The molecule has 0 saturated carbocycles. The van der Waals surface area contributed by atoms with Gasteiger partial charge in [-0.1, -0.05) is 5.16 Å². The lowest BCUT2D eigenvalue weighted by atomic mass is 10.1. The van der Waals surface area contributed by atoms with Crippen molar-refractivity contribution in [1.82, 2.24) is 10.6 Å². The molecule has 24 heavy (non-hydrogen) atoms. The van der Waals surface area contributed by atoms with Gasteiger partial charge in [-0.15, -0.1) is 11.3 Å². The standard InChI is InChI=1S/C15H21N3O5S/c1-15(2,3)23-14(21)16-7-9(19)17-10-8-5-6-24-13(8)11(12(10)20)18-22-4/h5-6,10,12,20H,7H2,1-4H3,(H,16,21)(H,17,19)/b18-11+/t10-,12+/m0/s1. The maximum atomic E-state index is 12.1. The van der Waals surface area contributed by atoms with Crippen LogP contribution in [-0.2, 0) is 14.4 Å². The summed E-state index contributed by atoms with van der Waals surface area (Å²) in [5.41, 5.74) is 0.515. The highest BCUT2D eigenvalue weighted by Crippen LogP contribution is 2.35. The Bertz CT molecular complexity index is 650. The summed E-state index contributed by atoms with van der Waals surface area (Å²) in [6.07, 6.45) is -1.68. The number of oxime groups is 1. The Kier molecular flexibility index (Phi) is 5.45. The van der Waals surface area contributed by atoms with Crippen LogP contribution in [0.4, 0.5) is 4.79 Å². The molecule has 0 spiro atoms. The molecule has 9 heteroatoms. The molecule has 0 radical (unpaired) electrons. The van der Waals surface area contributed by atoms with Gasteiger partial charge in [0, 0.05) is 0 Å². The smallest absolute Gasteiger partial charge is 0.408 e. The van der Waals surface area contributed by atoms with E-state index in [2.05, 4.69) is 15.8 Å². The summed E-state index contributed by atoms with van der Waals surface area (Å²) in [5.74, 6) is -0.444. The van der Waals surface area contributed by atoms with E-state index in [1.54, 1.807) is 20.8 Å². The van der Waals surface area contributed by atoms with E-state index in [-0.39, 0.29) is 6.54 Å². The lowest BCUT2D eigenvalue weighted by Crippen LogP contribution is -2.43. The third-order valence-corrected chi connectivity index (χ3v) is 4.11. The second kappa shape index (κ2) is 7.18. The molecule has 2 amide bonds. The van der Waals surface area contributed by atoms with E-state index in [1.807, 2.05) is 11.4 Å². The predicted molar refractivity (Wildman–Crippen MR) is 89.0 cm³/mol. The van der Waals surface area contributed by atoms with E-state index in [1.165, 1.54) is 18.4 Å². The number of alkyl carbamates (subject to hydrolysis) is 1. The highest BCUT2D eigenvalue weighted by atomic mass is 32.1.